The zero-order valence-electron chi connectivity index (χ0n) is 12.3. The van der Waals surface area contributed by atoms with Crippen molar-refractivity contribution in [1.82, 2.24) is 21.2 Å². The summed E-state index contributed by atoms with van der Waals surface area (Å²) in [5.74, 6) is 0.992. The van der Waals surface area contributed by atoms with Crippen molar-refractivity contribution in [2.75, 3.05) is 11.6 Å². The predicted octanol–water partition coefficient (Wildman–Crippen LogP) is 2.47. The fourth-order valence-electron chi connectivity index (χ4n) is 3.11. The zero-order chi connectivity index (χ0) is 15.2. The number of aromatic amines is 1. The standard InChI is InChI=1S/C17H15N5O/c1-4-16-11(5-8-23-16)9-12(1)17-14-10-13(22-7-6-18-21-22)2-3-15(14)19-20-17/h1-4,6-7,9-10,18,21H,5,8H2,(H,19,20). The maximum absolute atomic E-state index is 5.59. The number of aromatic nitrogens is 2. The second-order valence-electron chi connectivity index (χ2n) is 5.66. The molecule has 3 aromatic rings. The van der Waals surface area contributed by atoms with Crippen LogP contribution in [0, 0.1) is 0 Å². The van der Waals surface area contributed by atoms with E-state index in [1.54, 1.807) is 0 Å². The average molecular weight is 305 g/mol. The Morgan fingerprint density at radius 2 is 2.13 bits per heavy atom. The van der Waals surface area contributed by atoms with E-state index in [0.717, 1.165) is 46.6 Å². The first-order chi connectivity index (χ1) is 11.4. The Kier molecular flexibility index (Phi) is 2.59. The van der Waals surface area contributed by atoms with Gasteiger partial charge in [0.25, 0.3) is 0 Å². The molecule has 5 rings (SSSR count). The number of hydrogen-bond acceptors (Lipinski definition) is 5. The smallest absolute Gasteiger partial charge is 0.122 e. The largest absolute Gasteiger partial charge is 0.493 e. The molecule has 6 heteroatoms. The van der Waals surface area contributed by atoms with Crippen LogP contribution in [0.15, 0.2) is 48.8 Å². The lowest BCUT2D eigenvalue weighted by molar-refractivity contribution is 0.357. The molecule has 0 radical (unpaired) electrons. The molecule has 0 fully saturated rings. The van der Waals surface area contributed by atoms with Gasteiger partial charge in [-0.2, -0.15) is 5.10 Å². The quantitative estimate of drug-likeness (QED) is 0.679. The maximum atomic E-state index is 5.59. The van der Waals surface area contributed by atoms with Gasteiger partial charge in [-0.1, -0.05) is 0 Å². The van der Waals surface area contributed by atoms with Gasteiger partial charge in [0, 0.05) is 29.8 Å². The third-order valence-electron chi connectivity index (χ3n) is 4.28. The highest BCUT2D eigenvalue weighted by Crippen LogP contribution is 2.34. The van der Waals surface area contributed by atoms with Gasteiger partial charge in [-0.25, -0.2) is 0 Å². The van der Waals surface area contributed by atoms with Gasteiger partial charge in [-0.05, 0) is 42.0 Å². The van der Waals surface area contributed by atoms with Gasteiger partial charge in [0.1, 0.15) is 5.75 Å². The number of nitrogens with zero attached hydrogens (tertiary/aromatic N) is 2. The van der Waals surface area contributed by atoms with Crippen molar-refractivity contribution in [3.8, 4) is 17.0 Å². The average Bonchev–Trinajstić information content (AvgIpc) is 3.32. The highest BCUT2D eigenvalue weighted by Gasteiger charge is 2.16. The van der Waals surface area contributed by atoms with Crippen molar-refractivity contribution in [1.29, 1.82) is 0 Å². The van der Waals surface area contributed by atoms with Gasteiger partial charge in [0.2, 0.25) is 0 Å². The summed E-state index contributed by atoms with van der Waals surface area (Å²) in [6.07, 6.45) is 4.75. The fraction of sp³-hybridized carbons (Fsp3) is 0.118. The molecule has 0 atom stereocenters. The molecule has 0 unspecified atom stereocenters. The van der Waals surface area contributed by atoms with Crippen LogP contribution in [0.2, 0.25) is 0 Å². The first-order valence-corrected chi connectivity index (χ1v) is 7.60. The maximum Gasteiger partial charge on any atom is 0.122 e. The Balaban J connectivity index is 1.63. The van der Waals surface area contributed by atoms with Crippen LogP contribution < -0.4 is 20.7 Å². The van der Waals surface area contributed by atoms with E-state index in [9.17, 15) is 0 Å². The minimum absolute atomic E-state index is 0.768. The number of fused-ring (bicyclic) bond motifs is 2. The number of hydrogen-bond donors (Lipinski definition) is 3. The summed E-state index contributed by atoms with van der Waals surface area (Å²) in [5.41, 5.74) is 11.4. The molecule has 0 spiro atoms. The van der Waals surface area contributed by atoms with E-state index in [1.165, 1.54) is 5.56 Å². The molecule has 3 heterocycles. The minimum atomic E-state index is 0.768. The lowest BCUT2D eigenvalue weighted by Crippen LogP contribution is -2.35. The van der Waals surface area contributed by atoms with E-state index in [-0.39, 0.29) is 0 Å². The molecule has 0 saturated carbocycles. The second-order valence-corrected chi connectivity index (χ2v) is 5.66. The molecule has 6 nitrogen and oxygen atoms in total. The van der Waals surface area contributed by atoms with Gasteiger partial charge >= 0.3 is 0 Å². The molecule has 3 N–H and O–H groups in total. The van der Waals surface area contributed by atoms with Crippen LogP contribution in [0.25, 0.3) is 22.2 Å². The predicted molar refractivity (Wildman–Crippen MR) is 88.6 cm³/mol. The molecule has 23 heavy (non-hydrogen) atoms. The summed E-state index contributed by atoms with van der Waals surface area (Å²) in [4.78, 5) is 0. The summed E-state index contributed by atoms with van der Waals surface area (Å²) >= 11 is 0. The van der Waals surface area contributed by atoms with Gasteiger partial charge in [0.05, 0.1) is 23.5 Å². The number of ether oxygens (including phenoxy) is 1. The van der Waals surface area contributed by atoms with Gasteiger partial charge in [-0.15, -0.1) is 5.53 Å². The first-order valence-electron chi connectivity index (χ1n) is 7.60. The van der Waals surface area contributed by atoms with Gasteiger partial charge in [0.15, 0.2) is 0 Å². The van der Waals surface area contributed by atoms with Gasteiger partial charge in [-0.3, -0.25) is 10.1 Å². The van der Waals surface area contributed by atoms with Crippen LogP contribution in [0.3, 0.4) is 0 Å². The van der Waals surface area contributed by atoms with Crippen molar-refractivity contribution < 1.29 is 4.74 Å². The number of nitrogens with one attached hydrogen (secondary N) is 3. The molecule has 2 aliphatic rings. The van der Waals surface area contributed by atoms with Crippen LogP contribution in [0.1, 0.15) is 5.56 Å². The van der Waals surface area contributed by atoms with Crippen LogP contribution in [-0.2, 0) is 6.42 Å². The number of benzene rings is 2. The van der Waals surface area contributed by atoms with E-state index in [1.807, 2.05) is 35.6 Å². The summed E-state index contributed by atoms with van der Waals surface area (Å²) in [5, 5.41) is 10.7. The fourth-order valence-corrected chi connectivity index (χ4v) is 3.11. The molecule has 1 aromatic heterocycles. The second kappa shape index (κ2) is 4.76. The number of hydrazine groups is 2. The Morgan fingerprint density at radius 3 is 3.04 bits per heavy atom. The van der Waals surface area contributed by atoms with Crippen LogP contribution in [0.4, 0.5) is 5.69 Å². The number of anilines is 1. The zero-order valence-corrected chi connectivity index (χ0v) is 12.3. The monoisotopic (exact) mass is 305 g/mol. The number of rotatable bonds is 2. The van der Waals surface area contributed by atoms with Crippen molar-refractivity contribution >= 4 is 16.6 Å². The third-order valence-corrected chi connectivity index (χ3v) is 4.28. The molecule has 2 aromatic carbocycles. The van der Waals surface area contributed by atoms with Crippen molar-refractivity contribution in [3.63, 3.8) is 0 Å². The summed E-state index contributed by atoms with van der Waals surface area (Å²) in [6, 6.07) is 12.5. The highest BCUT2D eigenvalue weighted by molar-refractivity contribution is 5.95. The summed E-state index contributed by atoms with van der Waals surface area (Å²) in [7, 11) is 0. The molecule has 114 valence electrons. The lowest BCUT2D eigenvalue weighted by Gasteiger charge is -2.15. The summed E-state index contributed by atoms with van der Waals surface area (Å²) in [6.45, 7) is 0.768. The highest BCUT2D eigenvalue weighted by atomic mass is 16.5. The molecular weight excluding hydrogens is 290 g/mol. The third kappa shape index (κ3) is 1.96. The lowest BCUT2D eigenvalue weighted by atomic mass is 10.0. The normalized spacial score (nSPS) is 15.7. The van der Waals surface area contributed by atoms with E-state index in [2.05, 4.69) is 39.4 Å². The van der Waals surface area contributed by atoms with Crippen LogP contribution >= 0.6 is 0 Å². The topological polar surface area (TPSA) is 65.2 Å². The van der Waals surface area contributed by atoms with E-state index >= 15 is 0 Å². The van der Waals surface area contributed by atoms with Gasteiger partial charge < -0.3 is 10.2 Å². The van der Waals surface area contributed by atoms with Crippen LogP contribution in [-0.4, -0.2) is 16.8 Å². The Labute approximate surface area is 132 Å². The van der Waals surface area contributed by atoms with E-state index < -0.39 is 0 Å². The summed E-state index contributed by atoms with van der Waals surface area (Å²) < 4.78 is 5.59. The molecule has 0 bridgehead atoms. The number of H-pyrrole nitrogens is 1. The molecule has 2 aliphatic heterocycles. The Morgan fingerprint density at radius 1 is 1.13 bits per heavy atom. The van der Waals surface area contributed by atoms with Crippen molar-refractivity contribution in [2.45, 2.75) is 6.42 Å². The van der Waals surface area contributed by atoms with Crippen molar-refractivity contribution in [3.05, 3.63) is 54.4 Å². The minimum Gasteiger partial charge on any atom is -0.493 e. The van der Waals surface area contributed by atoms with E-state index in [4.69, 9.17) is 4.74 Å². The molecule has 0 saturated heterocycles. The molecule has 0 aliphatic carbocycles. The van der Waals surface area contributed by atoms with Crippen molar-refractivity contribution in [2.24, 2.45) is 0 Å². The first kappa shape index (κ1) is 12.5. The van der Waals surface area contributed by atoms with Crippen LogP contribution in [0.5, 0.6) is 5.75 Å². The van der Waals surface area contributed by atoms with E-state index in [0.29, 0.717) is 0 Å². The Hall–Kier alpha value is -2.99. The Bertz CT molecular complexity index is 930. The molecular formula is C17H15N5O. The SMILES string of the molecule is C1=CN(c2ccc3[nH]nc(-c4ccc5c(c4)CCO5)c3c2)NN1. The molecule has 0 amide bonds.